The number of aliphatic carboxylic acids is 1. The van der Waals surface area contributed by atoms with E-state index in [2.05, 4.69) is 30.5 Å². The van der Waals surface area contributed by atoms with Gasteiger partial charge < -0.3 is 25.2 Å². The second-order valence-electron chi connectivity index (χ2n) is 16.2. The van der Waals surface area contributed by atoms with E-state index in [0.29, 0.717) is 12.8 Å². The molecular formula is C46H88NO10P. The Hall–Kier alpha value is -1.78. The molecule has 0 rings (SSSR count). The number of phosphoric ester groups is 1. The van der Waals surface area contributed by atoms with E-state index in [9.17, 15) is 23.8 Å². The van der Waals surface area contributed by atoms with Crippen LogP contribution in [-0.4, -0.2) is 59.9 Å². The van der Waals surface area contributed by atoms with Crippen molar-refractivity contribution < 1.29 is 47.5 Å². The number of hydrogen-bond acceptors (Lipinski definition) is 9. The molecule has 12 heteroatoms. The van der Waals surface area contributed by atoms with Gasteiger partial charge in [-0.2, -0.15) is 0 Å². The summed E-state index contributed by atoms with van der Waals surface area (Å²) in [6.45, 7) is 2.79. The number of hydrogen-bond donors (Lipinski definition) is 3. The van der Waals surface area contributed by atoms with E-state index >= 15 is 0 Å². The van der Waals surface area contributed by atoms with Crippen LogP contribution in [0.4, 0.5) is 0 Å². The van der Waals surface area contributed by atoms with E-state index in [1.807, 2.05) is 0 Å². The molecule has 0 saturated carbocycles. The highest BCUT2D eigenvalue weighted by molar-refractivity contribution is 7.47. The Balaban J connectivity index is 4.17. The van der Waals surface area contributed by atoms with E-state index in [1.165, 1.54) is 135 Å². The maximum absolute atomic E-state index is 12.6. The monoisotopic (exact) mass is 846 g/mol. The standard InChI is InChI=1S/C46H88NO10P/c1-3-5-7-9-11-13-15-16-17-18-19-20-21-22-23-24-25-26-28-30-32-34-36-38-45(49)57-42(40-55-58(52,53)56-41-43(47)46(50)51)39-54-44(48)37-35-33-31-29-27-14-12-10-8-6-4-2/h10,12,42-43H,3-9,11,13-41,47H2,1-2H3,(H,50,51)(H,52,53)/b12-10+/t42-,43-/m0/s1. The molecule has 0 aliphatic carbocycles. The van der Waals surface area contributed by atoms with E-state index < -0.39 is 51.1 Å². The Morgan fingerprint density at radius 1 is 0.517 bits per heavy atom. The van der Waals surface area contributed by atoms with Crippen LogP contribution in [0.1, 0.15) is 232 Å². The van der Waals surface area contributed by atoms with Gasteiger partial charge in [0.25, 0.3) is 0 Å². The average molecular weight is 846 g/mol. The molecule has 58 heavy (non-hydrogen) atoms. The van der Waals surface area contributed by atoms with Crippen molar-refractivity contribution in [2.75, 3.05) is 19.8 Å². The lowest BCUT2D eigenvalue weighted by atomic mass is 10.0. The van der Waals surface area contributed by atoms with E-state index in [4.69, 9.17) is 24.8 Å². The molecule has 0 amide bonds. The van der Waals surface area contributed by atoms with E-state index in [0.717, 1.165) is 57.8 Å². The molecule has 4 N–H and O–H groups in total. The molecule has 11 nitrogen and oxygen atoms in total. The smallest absolute Gasteiger partial charge is 0.472 e. The molecule has 0 aliphatic rings. The number of esters is 2. The highest BCUT2D eigenvalue weighted by atomic mass is 31.2. The van der Waals surface area contributed by atoms with Crippen LogP contribution in [0.15, 0.2) is 12.2 Å². The van der Waals surface area contributed by atoms with E-state index in [1.54, 1.807) is 0 Å². The minimum atomic E-state index is -4.71. The lowest BCUT2D eigenvalue weighted by Gasteiger charge is -2.20. The van der Waals surface area contributed by atoms with Crippen LogP contribution in [0.25, 0.3) is 0 Å². The first-order chi connectivity index (χ1) is 28.1. The first-order valence-electron chi connectivity index (χ1n) is 23.7. The van der Waals surface area contributed by atoms with Crippen molar-refractivity contribution in [3.63, 3.8) is 0 Å². The molecule has 3 atom stereocenters. The fraction of sp³-hybridized carbons (Fsp3) is 0.891. The van der Waals surface area contributed by atoms with Gasteiger partial charge >= 0.3 is 25.7 Å². The lowest BCUT2D eigenvalue weighted by molar-refractivity contribution is -0.161. The van der Waals surface area contributed by atoms with Gasteiger partial charge in [0, 0.05) is 12.8 Å². The van der Waals surface area contributed by atoms with Gasteiger partial charge in [-0.25, -0.2) is 4.57 Å². The van der Waals surface area contributed by atoms with Crippen molar-refractivity contribution in [2.24, 2.45) is 5.73 Å². The zero-order chi connectivity index (χ0) is 42.8. The molecule has 0 heterocycles. The Morgan fingerprint density at radius 3 is 1.31 bits per heavy atom. The summed E-state index contributed by atoms with van der Waals surface area (Å²) in [6.07, 6.45) is 42.9. The molecule has 0 aromatic carbocycles. The highest BCUT2D eigenvalue weighted by Gasteiger charge is 2.28. The molecule has 0 bridgehead atoms. The van der Waals surface area contributed by atoms with E-state index in [-0.39, 0.29) is 19.4 Å². The Bertz CT molecular complexity index is 1040. The summed E-state index contributed by atoms with van der Waals surface area (Å²) in [7, 11) is -4.71. The zero-order valence-electron chi connectivity index (χ0n) is 37.2. The third kappa shape index (κ3) is 41.0. The number of phosphoric acid groups is 1. The number of allylic oxidation sites excluding steroid dienone is 2. The maximum Gasteiger partial charge on any atom is 0.472 e. The van der Waals surface area contributed by atoms with Crippen LogP contribution in [0, 0.1) is 0 Å². The quantitative estimate of drug-likeness (QED) is 0.0230. The van der Waals surface area contributed by atoms with Crippen LogP contribution in [0.5, 0.6) is 0 Å². The summed E-state index contributed by atoms with van der Waals surface area (Å²) in [5.74, 6) is -2.38. The molecule has 0 saturated heterocycles. The predicted molar refractivity (Wildman–Crippen MR) is 236 cm³/mol. The van der Waals surface area contributed by atoms with Crippen LogP contribution in [0.3, 0.4) is 0 Å². The topological polar surface area (TPSA) is 172 Å². The summed E-state index contributed by atoms with van der Waals surface area (Å²) < 4.78 is 32.7. The van der Waals surface area contributed by atoms with Gasteiger partial charge in [0.2, 0.25) is 0 Å². The van der Waals surface area contributed by atoms with Crippen molar-refractivity contribution >= 4 is 25.7 Å². The number of nitrogens with two attached hydrogens (primary N) is 1. The second-order valence-corrected chi connectivity index (χ2v) is 17.7. The summed E-state index contributed by atoms with van der Waals surface area (Å²) in [5.41, 5.74) is 5.34. The van der Waals surface area contributed by atoms with Crippen LogP contribution in [0.2, 0.25) is 0 Å². The summed E-state index contributed by atoms with van der Waals surface area (Å²) in [5, 5.41) is 8.89. The molecule has 0 radical (unpaired) electrons. The average Bonchev–Trinajstić information content (AvgIpc) is 3.20. The van der Waals surface area contributed by atoms with Gasteiger partial charge in [-0.3, -0.25) is 23.4 Å². The zero-order valence-corrected chi connectivity index (χ0v) is 38.1. The fourth-order valence-corrected chi connectivity index (χ4v) is 7.53. The molecular weight excluding hydrogens is 757 g/mol. The number of rotatable bonds is 45. The molecule has 0 aliphatic heterocycles. The number of unbranched alkanes of at least 4 members (excludes halogenated alkanes) is 29. The normalized spacial score (nSPS) is 13.7. The Morgan fingerprint density at radius 2 is 0.879 bits per heavy atom. The van der Waals surface area contributed by atoms with Crippen molar-refractivity contribution in [3.05, 3.63) is 12.2 Å². The number of carbonyl (C=O) groups excluding carboxylic acids is 2. The Labute approximate surface area is 354 Å². The lowest BCUT2D eigenvalue weighted by Crippen LogP contribution is -2.34. The minimum absolute atomic E-state index is 0.166. The van der Waals surface area contributed by atoms with Gasteiger partial charge in [0.05, 0.1) is 13.2 Å². The fourth-order valence-electron chi connectivity index (χ4n) is 6.75. The number of carbonyl (C=O) groups is 3. The highest BCUT2D eigenvalue weighted by Crippen LogP contribution is 2.43. The first kappa shape index (κ1) is 56.2. The van der Waals surface area contributed by atoms with Gasteiger partial charge in [-0.15, -0.1) is 0 Å². The minimum Gasteiger partial charge on any atom is -0.480 e. The number of carboxylic acids is 1. The van der Waals surface area contributed by atoms with Crippen molar-refractivity contribution in [1.29, 1.82) is 0 Å². The SMILES string of the molecule is CCCC/C=C/CCCCCCCC(=O)OC[C@@H](COP(=O)(O)OC[C@H](N)C(=O)O)OC(=O)CCCCCCCCCCCCCCCCCCCCCCCCC. The van der Waals surface area contributed by atoms with Gasteiger partial charge in [0.1, 0.15) is 12.6 Å². The molecule has 342 valence electrons. The molecule has 1 unspecified atom stereocenters. The molecule has 0 aromatic heterocycles. The third-order valence-corrected chi connectivity index (χ3v) is 11.5. The molecule has 0 fully saturated rings. The predicted octanol–water partition coefficient (Wildman–Crippen LogP) is 12.8. The van der Waals surface area contributed by atoms with Crippen molar-refractivity contribution in [2.45, 2.75) is 244 Å². The summed E-state index contributed by atoms with van der Waals surface area (Å²) in [6, 6.07) is -1.52. The van der Waals surface area contributed by atoms with Crippen LogP contribution < -0.4 is 5.73 Å². The summed E-state index contributed by atoms with van der Waals surface area (Å²) in [4.78, 5) is 46.0. The number of carboxylic acid groups (broad SMARTS) is 1. The first-order valence-corrected chi connectivity index (χ1v) is 25.2. The van der Waals surface area contributed by atoms with Crippen molar-refractivity contribution in [3.8, 4) is 0 Å². The number of ether oxygens (including phenoxy) is 2. The molecule has 0 spiro atoms. The van der Waals surface area contributed by atoms with Gasteiger partial charge in [-0.1, -0.05) is 199 Å². The molecule has 0 aromatic rings. The van der Waals surface area contributed by atoms with Gasteiger partial charge in [-0.05, 0) is 32.1 Å². The third-order valence-electron chi connectivity index (χ3n) is 10.5. The largest absolute Gasteiger partial charge is 0.480 e. The maximum atomic E-state index is 12.6. The van der Waals surface area contributed by atoms with Crippen molar-refractivity contribution in [1.82, 2.24) is 0 Å². The van der Waals surface area contributed by atoms with Crippen LogP contribution in [-0.2, 0) is 37.5 Å². The van der Waals surface area contributed by atoms with Gasteiger partial charge in [0.15, 0.2) is 6.10 Å². The Kier molecular flexibility index (Phi) is 40.6. The second kappa shape index (κ2) is 41.9. The van der Waals surface area contributed by atoms with Crippen LogP contribution >= 0.6 is 7.82 Å². The summed E-state index contributed by atoms with van der Waals surface area (Å²) >= 11 is 0.